The number of ether oxygens (including phenoxy) is 1. The van der Waals surface area contributed by atoms with E-state index in [1.165, 1.54) is 17.6 Å². The van der Waals surface area contributed by atoms with Gasteiger partial charge in [-0.3, -0.25) is 9.36 Å². The smallest absolute Gasteiger partial charge is 0.341 e. The summed E-state index contributed by atoms with van der Waals surface area (Å²) in [5, 5.41) is 0.746. The van der Waals surface area contributed by atoms with Crippen molar-refractivity contribution in [2.75, 3.05) is 7.11 Å². The monoisotopic (exact) mass is 372 g/mol. The van der Waals surface area contributed by atoms with Crippen molar-refractivity contribution < 1.29 is 13.9 Å². The third kappa shape index (κ3) is 2.76. The highest BCUT2D eigenvalue weighted by atomic mass is 32.1. The van der Waals surface area contributed by atoms with Gasteiger partial charge >= 0.3 is 5.97 Å². The Bertz CT molecular complexity index is 1060. The maximum absolute atomic E-state index is 13.0. The minimum absolute atomic E-state index is 0.0456. The Kier molecular flexibility index (Phi) is 4.19. The third-order valence-corrected chi connectivity index (χ3v) is 6.14. The van der Waals surface area contributed by atoms with Gasteiger partial charge in [0.1, 0.15) is 21.9 Å². The Morgan fingerprint density at radius 1 is 1.50 bits per heavy atom. The molecule has 3 aromatic heterocycles. The average Bonchev–Trinajstić information content (AvgIpc) is 3.16. The topological polar surface area (TPSA) is 74.3 Å². The number of aryl methyl sites for hydroxylation is 2. The molecule has 0 fully saturated rings. The summed E-state index contributed by atoms with van der Waals surface area (Å²) in [7, 11) is 1.33. The number of methoxy groups -OCH3 is 1. The molecule has 0 N–H and O–H groups in total. The molecule has 1 atom stereocenters. The molecule has 26 heavy (non-hydrogen) atoms. The Morgan fingerprint density at radius 2 is 2.31 bits per heavy atom. The number of hydrogen-bond acceptors (Lipinski definition) is 6. The van der Waals surface area contributed by atoms with Crippen LogP contribution >= 0.6 is 11.3 Å². The van der Waals surface area contributed by atoms with Crippen molar-refractivity contribution in [2.45, 2.75) is 39.7 Å². The maximum Gasteiger partial charge on any atom is 0.341 e. The molecule has 0 aliphatic heterocycles. The lowest BCUT2D eigenvalue weighted by atomic mass is 9.89. The fourth-order valence-electron chi connectivity index (χ4n) is 3.58. The predicted octanol–water partition coefficient (Wildman–Crippen LogP) is 3.32. The summed E-state index contributed by atoms with van der Waals surface area (Å²) < 4.78 is 11.9. The van der Waals surface area contributed by atoms with Crippen molar-refractivity contribution in [3.8, 4) is 0 Å². The molecule has 3 aromatic rings. The zero-order chi connectivity index (χ0) is 18.4. The Labute approximate surface area is 154 Å². The van der Waals surface area contributed by atoms with E-state index in [0.29, 0.717) is 23.0 Å². The Balaban J connectivity index is 1.73. The molecule has 1 unspecified atom stereocenters. The van der Waals surface area contributed by atoms with Gasteiger partial charge < -0.3 is 9.15 Å². The Hall–Kier alpha value is -2.41. The number of thiophene rings is 1. The van der Waals surface area contributed by atoms with E-state index in [4.69, 9.17) is 9.15 Å². The van der Waals surface area contributed by atoms with E-state index < -0.39 is 5.97 Å². The van der Waals surface area contributed by atoms with Crippen LogP contribution in [-0.2, 0) is 24.1 Å². The van der Waals surface area contributed by atoms with Crippen LogP contribution in [-0.4, -0.2) is 22.6 Å². The van der Waals surface area contributed by atoms with Crippen LogP contribution in [0, 0.1) is 12.8 Å². The van der Waals surface area contributed by atoms with Gasteiger partial charge in [-0.05, 0) is 43.7 Å². The Morgan fingerprint density at radius 3 is 3.08 bits per heavy atom. The standard InChI is InChI=1S/C19H20N2O4S/c1-10-4-5-13-15(6-10)26-17-16(13)18(22)21(9-20-17)8-12-7-14(11(2)25-12)19(23)24-3/h7,9-10H,4-6,8H2,1-3H3. The molecule has 0 saturated carbocycles. The molecule has 3 heterocycles. The number of hydrogen-bond donors (Lipinski definition) is 0. The van der Waals surface area contributed by atoms with Crippen molar-refractivity contribution >= 4 is 27.5 Å². The summed E-state index contributed by atoms with van der Waals surface area (Å²) in [5.41, 5.74) is 1.50. The highest BCUT2D eigenvalue weighted by Gasteiger charge is 2.23. The molecule has 0 amide bonds. The summed E-state index contributed by atoms with van der Waals surface area (Å²) in [6.07, 6.45) is 4.62. The minimum atomic E-state index is -0.445. The molecule has 6 nitrogen and oxygen atoms in total. The normalized spacial score (nSPS) is 16.7. The SMILES string of the molecule is COC(=O)c1cc(Cn2cnc3sc4c(c3c2=O)CCC(C)C4)oc1C. The predicted molar refractivity (Wildman–Crippen MR) is 99.0 cm³/mol. The second kappa shape index (κ2) is 6.39. The van der Waals surface area contributed by atoms with Crippen LogP contribution in [0.3, 0.4) is 0 Å². The van der Waals surface area contributed by atoms with Crippen LogP contribution < -0.4 is 5.56 Å². The molecule has 0 spiro atoms. The third-order valence-electron chi connectivity index (χ3n) is 4.98. The largest absolute Gasteiger partial charge is 0.465 e. The quantitative estimate of drug-likeness (QED) is 0.660. The lowest BCUT2D eigenvalue weighted by Crippen LogP contribution is -2.22. The van der Waals surface area contributed by atoms with Crippen molar-refractivity contribution in [2.24, 2.45) is 5.92 Å². The molecule has 0 saturated heterocycles. The molecule has 0 aromatic carbocycles. The second-order valence-electron chi connectivity index (χ2n) is 6.88. The van der Waals surface area contributed by atoms with Gasteiger partial charge in [-0.25, -0.2) is 9.78 Å². The maximum atomic E-state index is 13.0. The molecule has 7 heteroatoms. The van der Waals surface area contributed by atoms with Gasteiger partial charge in [0.15, 0.2) is 0 Å². The first-order valence-corrected chi connectivity index (χ1v) is 9.47. The van der Waals surface area contributed by atoms with E-state index in [0.717, 1.165) is 29.5 Å². The van der Waals surface area contributed by atoms with E-state index in [1.54, 1.807) is 35.2 Å². The first-order chi connectivity index (χ1) is 12.5. The number of esters is 1. The number of furan rings is 1. The van der Waals surface area contributed by atoms with Gasteiger partial charge in [-0.15, -0.1) is 11.3 Å². The van der Waals surface area contributed by atoms with Crippen molar-refractivity contribution in [3.05, 3.63) is 50.3 Å². The minimum Gasteiger partial charge on any atom is -0.465 e. The van der Waals surface area contributed by atoms with E-state index >= 15 is 0 Å². The van der Waals surface area contributed by atoms with Gasteiger partial charge in [-0.1, -0.05) is 6.92 Å². The summed E-state index contributed by atoms with van der Waals surface area (Å²) in [5.74, 6) is 1.22. The second-order valence-corrected chi connectivity index (χ2v) is 7.97. The first-order valence-electron chi connectivity index (χ1n) is 8.65. The molecule has 0 radical (unpaired) electrons. The van der Waals surface area contributed by atoms with Gasteiger partial charge in [0, 0.05) is 4.88 Å². The number of carbonyl (C=O) groups excluding carboxylic acids is 1. The van der Waals surface area contributed by atoms with E-state index in [9.17, 15) is 9.59 Å². The van der Waals surface area contributed by atoms with Crippen LogP contribution in [0.25, 0.3) is 10.2 Å². The summed E-state index contributed by atoms with van der Waals surface area (Å²) in [6, 6.07) is 1.63. The van der Waals surface area contributed by atoms with Gasteiger partial charge in [-0.2, -0.15) is 0 Å². The number of fused-ring (bicyclic) bond motifs is 3. The van der Waals surface area contributed by atoms with Crippen molar-refractivity contribution in [3.63, 3.8) is 0 Å². The van der Waals surface area contributed by atoms with Gasteiger partial charge in [0.05, 0.1) is 25.4 Å². The van der Waals surface area contributed by atoms with Gasteiger partial charge in [0.25, 0.3) is 5.56 Å². The van der Waals surface area contributed by atoms with Gasteiger partial charge in [0.2, 0.25) is 0 Å². The van der Waals surface area contributed by atoms with E-state index in [1.807, 2.05) is 0 Å². The van der Waals surface area contributed by atoms with E-state index in [-0.39, 0.29) is 12.1 Å². The fraction of sp³-hybridized carbons (Fsp3) is 0.421. The molecular weight excluding hydrogens is 352 g/mol. The average molecular weight is 372 g/mol. The summed E-state index contributed by atoms with van der Waals surface area (Å²) >= 11 is 1.64. The first kappa shape index (κ1) is 17.0. The number of nitrogens with zero attached hydrogens (tertiary/aromatic N) is 2. The molecule has 136 valence electrons. The summed E-state index contributed by atoms with van der Waals surface area (Å²) in [6.45, 7) is 4.19. The highest BCUT2D eigenvalue weighted by Crippen LogP contribution is 2.35. The van der Waals surface area contributed by atoms with Crippen LogP contribution in [0.1, 0.15) is 45.7 Å². The van der Waals surface area contributed by atoms with Crippen LogP contribution in [0.2, 0.25) is 0 Å². The highest BCUT2D eigenvalue weighted by molar-refractivity contribution is 7.18. The van der Waals surface area contributed by atoms with Crippen LogP contribution in [0.15, 0.2) is 21.6 Å². The fourth-order valence-corrected chi connectivity index (χ4v) is 4.92. The lowest BCUT2D eigenvalue weighted by Gasteiger charge is -2.17. The summed E-state index contributed by atoms with van der Waals surface area (Å²) in [4.78, 5) is 31.4. The molecule has 4 rings (SSSR count). The molecule has 0 bridgehead atoms. The lowest BCUT2D eigenvalue weighted by molar-refractivity contribution is 0.0599. The molecule has 1 aliphatic rings. The zero-order valence-electron chi connectivity index (χ0n) is 15.0. The zero-order valence-corrected chi connectivity index (χ0v) is 15.8. The number of carbonyl (C=O) groups is 1. The van der Waals surface area contributed by atoms with Crippen molar-refractivity contribution in [1.29, 1.82) is 0 Å². The van der Waals surface area contributed by atoms with Crippen LogP contribution in [0.5, 0.6) is 0 Å². The van der Waals surface area contributed by atoms with Crippen LogP contribution in [0.4, 0.5) is 0 Å². The van der Waals surface area contributed by atoms with E-state index in [2.05, 4.69) is 11.9 Å². The number of rotatable bonds is 3. The number of aromatic nitrogens is 2. The van der Waals surface area contributed by atoms with Crippen molar-refractivity contribution in [1.82, 2.24) is 9.55 Å². The molecular formula is C19H20N2O4S. The molecule has 1 aliphatic carbocycles.